The molecule has 2 aromatic carbocycles. The van der Waals surface area contributed by atoms with Gasteiger partial charge in [0.2, 0.25) is 0 Å². The molecule has 4 rings (SSSR count). The second-order valence-electron chi connectivity index (χ2n) is 7.04. The molecule has 5 heteroatoms. The lowest BCUT2D eigenvalue weighted by molar-refractivity contribution is 0.0873. The molecule has 2 heterocycles. The number of aromatic hydroxyl groups is 2. The van der Waals surface area contributed by atoms with Gasteiger partial charge in [-0.15, -0.1) is 0 Å². The number of phenolic OH excluding ortho intramolecular Hbond substituents is 2. The predicted molar refractivity (Wildman–Crippen MR) is 93.2 cm³/mol. The Bertz CT molecular complexity index is 869. The van der Waals surface area contributed by atoms with Gasteiger partial charge in [0.1, 0.15) is 28.6 Å². The zero-order chi connectivity index (χ0) is 17.8. The Morgan fingerprint density at radius 1 is 1.04 bits per heavy atom. The number of aliphatic hydroxyl groups excluding tert-OH is 1. The molecule has 0 bridgehead atoms. The molecule has 5 nitrogen and oxygen atoms in total. The largest absolute Gasteiger partial charge is 0.508 e. The minimum Gasteiger partial charge on any atom is -0.508 e. The first kappa shape index (κ1) is 15.8. The fourth-order valence-corrected chi connectivity index (χ4v) is 3.40. The molecule has 2 atom stereocenters. The standard InChI is InChI=1S/C20H20O5/c1-20(2)8-7-14-16(25-20)6-5-12(18(14)22)15-10-24-17-9-11(21)3-4-13(17)19(15)23/h3-9,15,19,21-23H,10H2,1-2H3/t15-,19+/m1/s1. The molecule has 2 aliphatic heterocycles. The fourth-order valence-electron chi connectivity index (χ4n) is 3.40. The molecule has 0 unspecified atom stereocenters. The van der Waals surface area contributed by atoms with Gasteiger partial charge in [-0.25, -0.2) is 0 Å². The van der Waals surface area contributed by atoms with Gasteiger partial charge in [0.05, 0.1) is 24.2 Å². The van der Waals surface area contributed by atoms with E-state index in [1.165, 1.54) is 12.1 Å². The van der Waals surface area contributed by atoms with Gasteiger partial charge in [0.15, 0.2) is 0 Å². The van der Waals surface area contributed by atoms with E-state index in [2.05, 4.69) is 0 Å². The molecule has 25 heavy (non-hydrogen) atoms. The van der Waals surface area contributed by atoms with Gasteiger partial charge in [-0.2, -0.15) is 0 Å². The molecule has 0 amide bonds. The molecule has 2 aliphatic rings. The highest BCUT2D eigenvalue weighted by atomic mass is 16.5. The van der Waals surface area contributed by atoms with Crippen molar-refractivity contribution in [2.75, 3.05) is 6.61 Å². The van der Waals surface area contributed by atoms with Crippen molar-refractivity contribution in [2.24, 2.45) is 0 Å². The molecule has 2 aromatic rings. The number of rotatable bonds is 1. The van der Waals surface area contributed by atoms with Crippen molar-refractivity contribution in [3.05, 3.63) is 53.1 Å². The minimum absolute atomic E-state index is 0.0888. The van der Waals surface area contributed by atoms with Crippen LogP contribution in [0.1, 0.15) is 42.6 Å². The normalized spacial score (nSPS) is 23.2. The summed E-state index contributed by atoms with van der Waals surface area (Å²) in [5.74, 6) is 0.854. The monoisotopic (exact) mass is 340 g/mol. The van der Waals surface area contributed by atoms with Crippen LogP contribution >= 0.6 is 0 Å². The van der Waals surface area contributed by atoms with E-state index in [0.717, 1.165) is 0 Å². The molecule has 0 spiro atoms. The highest BCUT2D eigenvalue weighted by Gasteiger charge is 2.34. The fraction of sp³-hybridized carbons (Fsp3) is 0.300. The number of benzene rings is 2. The van der Waals surface area contributed by atoms with Gasteiger partial charge in [-0.05, 0) is 44.2 Å². The number of hydrogen-bond acceptors (Lipinski definition) is 5. The third kappa shape index (κ3) is 2.61. The van der Waals surface area contributed by atoms with E-state index in [1.807, 2.05) is 32.1 Å². The lowest BCUT2D eigenvalue weighted by atomic mass is 9.85. The highest BCUT2D eigenvalue weighted by Crippen LogP contribution is 2.47. The molecule has 0 aliphatic carbocycles. The molecular weight excluding hydrogens is 320 g/mol. The number of ether oxygens (including phenoxy) is 2. The van der Waals surface area contributed by atoms with Crippen LogP contribution in [0.3, 0.4) is 0 Å². The summed E-state index contributed by atoms with van der Waals surface area (Å²) in [6.07, 6.45) is 2.91. The highest BCUT2D eigenvalue weighted by molar-refractivity contribution is 5.69. The molecule has 0 saturated heterocycles. The maximum Gasteiger partial charge on any atom is 0.131 e. The van der Waals surface area contributed by atoms with Gasteiger partial charge in [-0.3, -0.25) is 0 Å². The zero-order valence-electron chi connectivity index (χ0n) is 14.1. The summed E-state index contributed by atoms with van der Waals surface area (Å²) in [6.45, 7) is 4.10. The van der Waals surface area contributed by atoms with Crippen molar-refractivity contribution in [1.82, 2.24) is 0 Å². The number of aliphatic hydroxyl groups is 1. The Morgan fingerprint density at radius 3 is 2.60 bits per heavy atom. The van der Waals surface area contributed by atoms with E-state index >= 15 is 0 Å². The van der Waals surface area contributed by atoms with Gasteiger partial charge >= 0.3 is 0 Å². The summed E-state index contributed by atoms with van der Waals surface area (Å²) in [5, 5.41) is 31.0. The van der Waals surface area contributed by atoms with E-state index in [9.17, 15) is 15.3 Å². The number of fused-ring (bicyclic) bond motifs is 2. The lowest BCUT2D eigenvalue weighted by Crippen LogP contribution is -2.28. The SMILES string of the molecule is CC1(C)C=Cc2c(ccc([C@H]3COc4cc(O)ccc4[C@@H]3O)c2O)O1. The Labute approximate surface area is 145 Å². The Kier molecular flexibility index (Phi) is 3.44. The van der Waals surface area contributed by atoms with Crippen molar-refractivity contribution >= 4 is 6.08 Å². The molecular formula is C20H20O5. The van der Waals surface area contributed by atoms with E-state index < -0.39 is 17.6 Å². The van der Waals surface area contributed by atoms with E-state index in [4.69, 9.17) is 9.47 Å². The summed E-state index contributed by atoms with van der Waals surface area (Å²) in [4.78, 5) is 0. The van der Waals surface area contributed by atoms with Crippen molar-refractivity contribution in [2.45, 2.75) is 31.5 Å². The van der Waals surface area contributed by atoms with Crippen LogP contribution in [0, 0.1) is 0 Å². The van der Waals surface area contributed by atoms with E-state index in [1.54, 1.807) is 12.1 Å². The number of hydrogen-bond donors (Lipinski definition) is 3. The predicted octanol–water partition coefficient (Wildman–Crippen LogP) is 3.49. The quantitative estimate of drug-likeness (QED) is 0.740. The van der Waals surface area contributed by atoms with Crippen LogP contribution < -0.4 is 9.47 Å². The van der Waals surface area contributed by atoms with Crippen LogP contribution in [0.5, 0.6) is 23.0 Å². The van der Waals surface area contributed by atoms with Gasteiger partial charge < -0.3 is 24.8 Å². The van der Waals surface area contributed by atoms with Crippen LogP contribution in [0.4, 0.5) is 0 Å². The summed E-state index contributed by atoms with van der Waals surface area (Å²) in [5.41, 5.74) is 1.40. The van der Waals surface area contributed by atoms with Gasteiger partial charge in [-0.1, -0.05) is 6.07 Å². The topological polar surface area (TPSA) is 79.2 Å². The van der Waals surface area contributed by atoms with Crippen LogP contribution in [-0.2, 0) is 0 Å². The van der Waals surface area contributed by atoms with Crippen molar-refractivity contribution in [3.8, 4) is 23.0 Å². The first-order valence-electron chi connectivity index (χ1n) is 8.23. The average Bonchev–Trinajstić information content (AvgIpc) is 2.55. The van der Waals surface area contributed by atoms with Crippen LogP contribution in [0.25, 0.3) is 6.08 Å². The van der Waals surface area contributed by atoms with Gasteiger partial charge in [0.25, 0.3) is 0 Å². The number of phenols is 2. The Hall–Kier alpha value is -2.66. The van der Waals surface area contributed by atoms with E-state index in [-0.39, 0.29) is 18.1 Å². The second-order valence-corrected chi connectivity index (χ2v) is 7.04. The molecule has 0 aromatic heterocycles. The van der Waals surface area contributed by atoms with Crippen molar-refractivity contribution in [1.29, 1.82) is 0 Å². The maximum atomic E-state index is 10.8. The summed E-state index contributed by atoms with van der Waals surface area (Å²) >= 11 is 0. The molecule has 130 valence electrons. The first-order chi connectivity index (χ1) is 11.9. The molecule has 0 saturated carbocycles. The molecule has 0 radical (unpaired) electrons. The van der Waals surface area contributed by atoms with E-state index in [0.29, 0.717) is 28.2 Å². The third-order valence-electron chi connectivity index (χ3n) is 4.75. The zero-order valence-corrected chi connectivity index (χ0v) is 14.1. The summed E-state index contributed by atoms with van der Waals surface area (Å²) in [7, 11) is 0. The minimum atomic E-state index is -0.835. The second kappa shape index (κ2) is 5.43. The maximum absolute atomic E-state index is 10.8. The smallest absolute Gasteiger partial charge is 0.131 e. The third-order valence-corrected chi connectivity index (χ3v) is 4.75. The summed E-state index contributed by atoms with van der Waals surface area (Å²) in [6, 6.07) is 8.22. The van der Waals surface area contributed by atoms with Crippen LogP contribution in [-0.4, -0.2) is 27.5 Å². The van der Waals surface area contributed by atoms with Gasteiger partial charge in [0, 0.05) is 17.2 Å². The molecule has 0 fully saturated rings. The Morgan fingerprint density at radius 2 is 1.80 bits per heavy atom. The van der Waals surface area contributed by atoms with Crippen LogP contribution in [0.15, 0.2) is 36.4 Å². The summed E-state index contributed by atoms with van der Waals surface area (Å²) < 4.78 is 11.6. The lowest BCUT2D eigenvalue weighted by Gasteiger charge is -2.33. The Balaban J connectivity index is 1.73. The average molecular weight is 340 g/mol. The van der Waals surface area contributed by atoms with Crippen LogP contribution in [0.2, 0.25) is 0 Å². The van der Waals surface area contributed by atoms with Crippen molar-refractivity contribution < 1.29 is 24.8 Å². The first-order valence-corrected chi connectivity index (χ1v) is 8.23. The van der Waals surface area contributed by atoms with Crippen molar-refractivity contribution in [3.63, 3.8) is 0 Å². The molecule has 3 N–H and O–H groups in total.